The first-order valence-electron chi connectivity index (χ1n) is 5.75. The van der Waals surface area contributed by atoms with Crippen LogP contribution in [0.4, 0.5) is 0 Å². The predicted molar refractivity (Wildman–Crippen MR) is 65.6 cm³/mol. The third-order valence-corrected chi connectivity index (χ3v) is 5.12. The maximum Gasteiger partial charge on any atom is 0.303 e. The third kappa shape index (κ3) is 4.08. The Balaban J connectivity index is 2.42. The Kier molecular flexibility index (Phi) is 5.31. The number of nitrogens with zero attached hydrogens (tertiary/aromatic N) is 2. The number of carboxylic acid groups (broad SMARTS) is 1. The zero-order chi connectivity index (χ0) is 13.8. The van der Waals surface area contributed by atoms with Crippen LogP contribution < -0.4 is 0 Å². The molecule has 1 fully saturated rings. The summed E-state index contributed by atoms with van der Waals surface area (Å²) < 4.78 is 18.6. The number of carbonyl (C=O) groups is 2. The molecule has 1 aliphatic heterocycles. The lowest BCUT2D eigenvalue weighted by atomic mass is 10.2. The smallest absolute Gasteiger partial charge is 0.303 e. The van der Waals surface area contributed by atoms with Gasteiger partial charge in [0, 0.05) is 46.4 Å². The van der Waals surface area contributed by atoms with Gasteiger partial charge in [-0.1, -0.05) is 0 Å². The van der Waals surface area contributed by atoms with E-state index in [0.29, 0.717) is 26.2 Å². The molecule has 1 N–H and O–H groups in total. The molecule has 0 aliphatic carbocycles. The summed E-state index contributed by atoms with van der Waals surface area (Å²) in [5.74, 6) is -1.14. The third-order valence-electron chi connectivity index (χ3n) is 3.01. The fourth-order valence-corrected chi connectivity index (χ4v) is 2.93. The van der Waals surface area contributed by atoms with Crippen molar-refractivity contribution in [3.05, 3.63) is 0 Å². The number of carboxylic acids is 1. The van der Waals surface area contributed by atoms with Gasteiger partial charge in [0.15, 0.2) is 0 Å². The van der Waals surface area contributed by atoms with Crippen LogP contribution in [0, 0.1) is 0 Å². The van der Waals surface area contributed by atoms with Gasteiger partial charge in [-0.25, -0.2) is 4.67 Å². The molecule has 1 heterocycles. The minimum Gasteiger partial charge on any atom is -0.481 e. The Bertz CT molecular complexity index is 365. The maximum absolute atomic E-state index is 12.0. The highest BCUT2D eigenvalue weighted by atomic mass is 31.2. The quantitative estimate of drug-likeness (QED) is 0.735. The Morgan fingerprint density at radius 3 is 2.22 bits per heavy atom. The lowest BCUT2D eigenvalue weighted by Crippen LogP contribution is -2.47. The van der Waals surface area contributed by atoms with Crippen molar-refractivity contribution < 1.29 is 23.8 Å². The molecule has 1 saturated heterocycles. The number of piperazine rings is 1. The highest BCUT2D eigenvalue weighted by Gasteiger charge is 2.30. The van der Waals surface area contributed by atoms with E-state index in [9.17, 15) is 14.2 Å². The van der Waals surface area contributed by atoms with Crippen molar-refractivity contribution >= 4 is 19.4 Å². The summed E-state index contributed by atoms with van der Waals surface area (Å²) in [6.45, 7) is 3.44. The molecule has 0 aromatic carbocycles. The van der Waals surface area contributed by atoms with Gasteiger partial charge in [-0.05, 0) is 0 Å². The fourth-order valence-electron chi connectivity index (χ4n) is 1.80. The molecule has 0 aromatic heterocycles. The summed E-state index contributed by atoms with van der Waals surface area (Å²) in [4.78, 5) is 23.7. The van der Waals surface area contributed by atoms with E-state index in [1.165, 1.54) is 7.11 Å². The summed E-state index contributed by atoms with van der Waals surface area (Å²) >= 11 is 0. The average Bonchev–Trinajstić information content (AvgIpc) is 2.36. The van der Waals surface area contributed by atoms with Crippen molar-refractivity contribution in [1.82, 2.24) is 9.57 Å². The number of amides is 1. The maximum atomic E-state index is 12.0. The number of rotatable bonds is 5. The first-order valence-corrected chi connectivity index (χ1v) is 7.77. The lowest BCUT2D eigenvalue weighted by molar-refractivity contribution is -0.141. The second-order valence-corrected chi connectivity index (χ2v) is 6.75. The summed E-state index contributed by atoms with van der Waals surface area (Å²) in [6, 6.07) is 0. The molecule has 104 valence electrons. The molecule has 0 saturated carbocycles. The van der Waals surface area contributed by atoms with Crippen LogP contribution in [0.3, 0.4) is 0 Å². The Hall–Kier alpha value is -0.910. The number of hydrogen-bond donors (Lipinski definition) is 1. The van der Waals surface area contributed by atoms with Crippen molar-refractivity contribution in [2.24, 2.45) is 0 Å². The van der Waals surface area contributed by atoms with Crippen molar-refractivity contribution in [3.8, 4) is 0 Å². The van der Waals surface area contributed by atoms with E-state index in [0.717, 1.165) is 0 Å². The molecular weight excluding hydrogens is 259 g/mol. The van der Waals surface area contributed by atoms with E-state index >= 15 is 0 Å². The largest absolute Gasteiger partial charge is 0.481 e. The molecule has 1 rings (SSSR count). The minimum atomic E-state index is -2.74. The van der Waals surface area contributed by atoms with E-state index in [4.69, 9.17) is 9.63 Å². The van der Waals surface area contributed by atoms with Crippen molar-refractivity contribution in [2.75, 3.05) is 40.0 Å². The lowest BCUT2D eigenvalue weighted by Gasteiger charge is -2.36. The molecular formula is C10H19N2O5P. The normalized spacial score (nSPS) is 20.4. The standard InChI is InChI=1S/C10H19N2O5P/c1-17-18(2,16)12-7-5-11(6-8-12)9(13)3-4-10(14)15/h3-8H2,1-2H3,(H,14,15). The molecule has 0 aromatic rings. The topological polar surface area (TPSA) is 87.2 Å². The van der Waals surface area contributed by atoms with Gasteiger partial charge < -0.3 is 14.5 Å². The molecule has 8 heteroatoms. The molecule has 7 nitrogen and oxygen atoms in total. The Morgan fingerprint density at radius 1 is 1.22 bits per heavy atom. The highest BCUT2D eigenvalue weighted by molar-refractivity contribution is 7.55. The van der Waals surface area contributed by atoms with E-state index < -0.39 is 13.5 Å². The van der Waals surface area contributed by atoms with Crippen LogP contribution in [0.1, 0.15) is 12.8 Å². The second-order valence-electron chi connectivity index (χ2n) is 4.21. The van der Waals surface area contributed by atoms with E-state index in [2.05, 4.69) is 0 Å². The van der Waals surface area contributed by atoms with E-state index in [-0.39, 0.29) is 18.7 Å². The molecule has 1 atom stereocenters. The molecule has 0 radical (unpaired) electrons. The van der Waals surface area contributed by atoms with Crippen LogP contribution in [-0.4, -0.2) is 66.5 Å². The molecule has 1 unspecified atom stereocenters. The Labute approximate surface area is 106 Å². The molecule has 18 heavy (non-hydrogen) atoms. The second kappa shape index (κ2) is 6.31. The van der Waals surface area contributed by atoms with E-state index in [1.807, 2.05) is 0 Å². The predicted octanol–water partition coefficient (Wildman–Crippen LogP) is 0.465. The van der Waals surface area contributed by atoms with Crippen LogP contribution in [0.15, 0.2) is 0 Å². The van der Waals surface area contributed by atoms with E-state index in [1.54, 1.807) is 16.2 Å². The van der Waals surface area contributed by atoms with Crippen LogP contribution >= 0.6 is 7.52 Å². The molecule has 0 spiro atoms. The fraction of sp³-hybridized carbons (Fsp3) is 0.800. The first-order chi connectivity index (χ1) is 8.36. The minimum absolute atomic E-state index is 0.0173. The van der Waals surface area contributed by atoms with Crippen LogP contribution in [0.2, 0.25) is 0 Å². The van der Waals surface area contributed by atoms with Gasteiger partial charge in [0.05, 0.1) is 6.42 Å². The van der Waals surface area contributed by atoms with Gasteiger partial charge in [0.2, 0.25) is 5.91 Å². The number of hydrogen-bond acceptors (Lipinski definition) is 4. The van der Waals surface area contributed by atoms with Gasteiger partial charge >= 0.3 is 5.97 Å². The number of carbonyl (C=O) groups excluding carboxylic acids is 1. The van der Waals surface area contributed by atoms with Crippen molar-refractivity contribution in [3.63, 3.8) is 0 Å². The van der Waals surface area contributed by atoms with Gasteiger partial charge in [0.25, 0.3) is 7.52 Å². The zero-order valence-electron chi connectivity index (χ0n) is 10.7. The summed E-state index contributed by atoms with van der Waals surface area (Å²) in [5.41, 5.74) is 0. The van der Waals surface area contributed by atoms with Crippen molar-refractivity contribution in [2.45, 2.75) is 12.8 Å². The van der Waals surface area contributed by atoms with Crippen LogP contribution in [0.5, 0.6) is 0 Å². The molecule has 1 aliphatic rings. The first kappa shape index (κ1) is 15.1. The summed E-state index contributed by atoms with van der Waals surface area (Å²) in [6.07, 6.45) is -0.132. The van der Waals surface area contributed by atoms with Gasteiger partial charge in [-0.15, -0.1) is 0 Å². The van der Waals surface area contributed by atoms with Gasteiger partial charge in [0.1, 0.15) is 0 Å². The van der Waals surface area contributed by atoms with Gasteiger partial charge in [-0.3, -0.25) is 14.2 Å². The van der Waals surface area contributed by atoms with Gasteiger partial charge in [-0.2, -0.15) is 0 Å². The molecule has 0 bridgehead atoms. The zero-order valence-corrected chi connectivity index (χ0v) is 11.6. The van der Waals surface area contributed by atoms with Crippen LogP contribution in [-0.2, 0) is 18.7 Å². The average molecular weight is 278 g/mol. The van der Waals surface area contributed by atoms with Crippen LogP contribution in [0.25, 0.3) is 0 Å². The summed E-state index contributed by atoms with van der Waals surface area (Å²) in [5, 5.41) is 8.51. The SMILES string of the molecule is COP(C)(=O)N1CCN(C(=O)CCC(=O)O)CC1. The number of aliphatic carboxylic acids is 1. The Morgan fingerprint density at radius 2 is 1.78 bits per heavy atom. The molecule has 1 amide bonds. The monoisotopic (exact) mass is 278 g/mol. The summed E-state index contributed by atoms with van der Waals surface area (Å²) in [7, 11) is -1.33. The van der Waals surface area contributed by atoms with Crippen molar-refractivity contribution in [1.29, 1.82) is 0 Å². The highest BCUT2D eigenvalue weighted by Crippen LogP contribution is 2.46.